The summed E-state index contributed by atoms with van der Waals surface area (Å²) in [6.45, 7) is 2.18. The van der Waals surface area contributed by atoms with Gasteiger partial charge in [-0.05, 0) is 48.7 Å². The van der Waals surface area contributed by atoms with Gasteiger partial charge in [0.15, 0.2) is 16.4 Å². The maximum Gasteiger partial charge on any atom is 0.260 e. The molecule has 146 valence electrons. The number of rotatable bonds is 6. The molecule has 0 spiro atoms. The van der Waals surface area contributed by atoms with Crippen molar-refractivity contribution in [1.82, 2.24) is 4.90 Å². The minimum absolute atomic E-state index is 0.0336. The van der Waals surface area contributed by atoms with Gasteiger partial charge in [-0.3, -0.25) is 4.79 Å². The van der Waals surface area contributed by atoms with E-state index in [9.17, 15) is 13.2 Å². The van der Waals surface area contributed by atoms with Crippen molar-refractivity contribution in [2.24, 2.45) is 0 Å². The van der Waals surface area contributed by atoms with E-state index < -0.39 is 9.84 Å². The number of amides is 1. The summed E-state index contributed by atoms with van der Waals surface area (Å²) in [6.07, 6.45) is 0.487. The molecule has 1 atom stereocenters. The van der Waals surface area contributed by atoms with Gasteiger partial charge in [0, 0.05) is 12.6 Å². The molecule has 0 radical (unpaired) electrons. The van der Waals surface area contributed by atoms with E-state index in [1.807, 2.05) is 31.2 Å². The van der Waals surface area contributed by atoms with E-state index in [-0.39, 0.29) is 30.1 Å². The molecule has 2 aromatic rings. The van der Waals surface area contributed by atoms with Gasteiger partial charge in [0.05, 0.1) is 23.1 Å². The molecule has 0 aliphatic carbocycles. The predicted octanol–water partition coefficient (Wildman–Crippen LogP) is 2.64. The largest absolute Gasteiger partial charge is 0.484 e. The number of ether oxygens (including phenoxy) is 1. The lowest BCUT2D eigenvalue weighted by molar-refractivity contribution is -0.135. The summed E-state index contributed by atoms with van der Waals surface area (Å²) < 4.78 is 28.9. The molecule has 1 aliphatic heterocycles. The average molecular weight is 398 g/mol. The third kappa shape index (κ3) is 4.70. The van der Waals surface area contributed by atoms with Gasteiger partial charge in [-0.1, -0.05) is 24.3 Å². The molecule has 0 aromatic heterocycles. The van der Waals surface area contributed by atoms with Crippen LogP contribution in [0.15, 0.2) is 48.5 Å². The van der Waals surface area contributed by atoms with Crippen molar-refractivity contribution in [2.45, 2.75) is 19.4 Å². The van der Waals surface area contributed by atoms with Crippen molar-refractivity contribution >= 4 is 15.7 Å². The zero-order valence-electron chi connectivity index (χ0n) is 15.7. The number of likely N-dealkylation sites (N-methyl/N-ethyl adjacent to an activating group) is 1. The van der Waals surface area contributed by atoms with Crippen LogP contribution in [0, 0.1) is 11.3 Å². The molecule has 1 saturated heterocycles. The monoisotopic (exact) mass is 398 g/mol. The maximum atomic E-state index is 12.5. The Hall–Kier alpha value is -2.85. The molecule has 28 heavy (non-hydrogen) atoms. The Balaban J connectivity index is 1.59. The molecule has 1 fully saturated rings. The van der Waals surface area contributed by atoms with E-state index in [4.69, 9.17) is 10.00 Å². The van der Waals surface area contributed by atoms with Gasteiger partial charge in [-0.2, -0.15) is 5.26 Å². The van der Waals surface area contributed by atoms with Crippen LogP contribution >= 0.6 is 0 Å². The number of nitriles is 1. The minimum atomic E-state index is -3.04. The van der Waals surface area contributed by atoms with Crippen molar-refractivity contribution in [2.75, 3.05) is 24.7 Å². The second-order valence-corrected chi connectivity index (χ2v) is 8.97. The lowest BCUT2D eigenvalue weighted by Gasteiger charge is -2.26. The summed E-state index contributed by atoms with van der Waals surface area (Å²) in [5, 5.41) is 8.86. The van der Waals surface area contributed by atoms with Gasteiger partial charge < -0.3 is 9.64 Å². The molecule has 6 nitrogen and oxygen atoms in total. The summed E-state index contributed by atoms with van der Waals surface area (Å²) in [5.74, 6) is 0.534. The Morgan fingerprint density at radius 2 is 1.75 bits per heavy atom. The first-order chi connectivity index (χ1) is 13.4. The maximum absolute atomic E-state index is 12.5. The van der Waals surface area contributed by atoms with Crippen LogP contribution in [0.1, 0.15) is 18.9 Å². The fraction of sp³-hybridized carbons (Fsp3) is 0.333. The number of nitrogens with zero attached hydrogens (tertiary/aromatic N) is 2. The second kappa shape index (κ2) is 8.44. The second-order valence-electron chi connectivity index (χ2n) is 6.74. The van der Waals surface area contributed by atoms with E-state index in [0.717, 1.165) is 11.1 Å². The third-order valence-electron chi connectivity index (χ3n) is 4.87. The lowest BCUT2D eigenvalue weighted by atomic mass is 10.0. The molecule has 1 amide bonds. The highest BCUT2D eigenvalue weighted by atomic mass is 32.2. The Labute approximate surface area is 165 Å². The fourth-order valence-corrected chi connectivity index (χ4v) is 5.10. The molecular formula is C21H22N2O4S. The van der Waals surface area contributed by atoms with Crippen LogP contribution in [0.4, 0.5) is 0 Å². The number of carbonyl (C=O) groups excluding carboxylic acids is 1. The summed E-state index contributed by atoms with van der Waals surface area (Å²) in [4.78, 5) is 14.1. The van der Waals surface area contributed by atoms with Crippen molar-refractivity contribution in [1.29, 1.82) is 5.26 Å². The van der Waals surface area contributed by atoms with Gasteiger partial charge in [0.2, 0.25) is 0 Å². The summed E-state index contributed by atoms with van der Waals surface area (Å²) in [5.41, 5.74) is 2.58. The Kier molecular flexibility index (Phi) is 6.00. The van der Waals surface area contributed by atoms with E-state index in [0.29, 0.717) is 24.3 Å². The first kappa shape index (κ1) is 19.9. The standard InChI is InChI=1S/C21H22N2O4S/c1-2-23(19-11-12-28(25,26)15-19)21(24)14-27-20-9-7-18(8-10-20)17-5-3-16(13-22)4-6-17/h3-10,19H,2,11-12,14-15H2,1H3/t19-/m1/s1. The number of hydrogen-bond donors (Lipinski definition) is 0. The van der Waals surface area contributed by atoms with Crippen LogP contribution in [0.3, 0.4) is 0 Å². The highest BCUT2D eigenvalue weighted by Gasteiger charge is 2.33. The first-order valence-corrected chi connectivity index (χ1v) is 11.0. The predicted molar refractivity (Wildman–Crippen MR) is 107 cm³/mol. The van der Waals surface area contributed by atoms with Crippen LogP contribution in [0.25, 0.3) is 11.1 Å². The van der Waals surface area contributed by atoms with Crippen LogP contribution < -0.4 is 4.74 Å². The minimum Gasteiger partial charge on any atom is -0.484 e. The molecule has 0 saturated carbocycles. The SMILES string of the molecule is CCN(C(=O)COc1ccc(-c2ccc(C#N)cc2)cc1)[C@@H]1CCS(=O)(=O)C1. The Morgan fingerprint density at radius 3 is 2.25 bits per heavy atom. The van der Waals surface area contributed by atoms with Crippen LogP contribution in [-0.4, -0.2) is 49.9 Å². The Bertz CT molecular complexity index is 977. The van der Waals surface area contributed by atoms with Gasteiger partial charge in [-0.25, -0.2) is 8.42 Å². The van der Waals surface area contributed by atoms with Gasteiger partial charge in [-0.15, -0.1) is 0 Å². The summed E-state index contributed by atoms with van der Waals surface area (Å²) in [7, 11) is -3.04. The number of sulfone groups is 1. The van der Waals surface area contributed by atoms with Gasteiger partial charge >= 0.3 is 0 Å². The van der Waals surface area contributed by atoms with Crippen molar-refractivity contribution < 1.29 is 17.9 Å². The third-order valence-corrected chi connectivity index (χ3v) is 6.62. The van der Waals surface area contributed by atoms with Crippen LogP contribution in [-0.2, 0) is 14.6 Å². The fourth-order valence-electron chi connectivity index (χ4n) is 3.37. The molecule has 3 rings (SSSR count). The zero-order valence-corrected chi connectivity index (χ0v) is 16.5. The highest BCUT2D eigenvalue weighted by Crippen LogP contribution is 2.23. The molecule has 0 unspecified atom stereocenters. The smallest absolute Gasteiger partial charge is 0.260 e. The summed E-state index contributed by atoms with van der Waals surface area (Å²) in [6, 6.07) is 16.5. The molecular weight excluding hydrogens is 376 g/mol. The van der Waals surface area contributed by atoms with Gasteiger partial charge in [0.25, 0.3) is 5.91 Å². The van der Waals surface area contributed by atoms with E-state index >= 15 is 0 Å². The van der Waals surface area contributed by atoms with E-state index in [1.54, 1.807) is 29.2 Å². The van der Waals surface area contributed by atoms with Gasteiger partial charge in [0.1, 0.15) is 5.75 Å². The zero-order chi connectivity index (χ0) is 20.1. The van der Waals surface area contributed by atoms with Crippen LogP contribution in [0.2, 0.25) is 0 Å². The molecule has 0 N–H and O–H groups in total. The molecule has 1 heterocycles. The normalized spacial score (nSPS) is 17.6. The number of benzene rings is 2. The average Bonchev–Trinajstić information content (AvgIpc) is 3.07. The quantitative estimate of drug-likeness (QED) is 0.746. The van der Waals surface area contributed by atoms with Crippen LogP contribution in [0.5, 0.6) is 5.75 Å². The topological polar surface area (TPSA) is 87.5 Å². The molecule has 2 aromatic carbocycles. The Morgan fingerprint density at radius 1 is 1.14 bits per heavy atom. The number of hydrogen-bond acceptors (Lipinski definition) is 5. The van der Waals surface area contributed by atoms with Crippen molar-refractivity contribution in [3.63, 3.8) is 0 Å². The highest BCUT2D eigenvalue weighted by molar-refractivity contribution is 7.91. The molecule has 1 aliphatic rings. The molecule has 7 heteroatoms. The number of carbonyl (C=O) groups is 1. The van der Waals surface area contributed by atoms with E-state index in [2.05, 4.69) is 6.07 Å². The summed E-state index contributed by atoms with van der Waals surface area (Å²) >= 11 is 0. The molecule has 0 bridgehead atoms. The van der Waals surface area contributed by atoms with Crippen molar-refractivity contribution in [3.05, 3.63) is 54.1 Å². The van der Waals surface area contributed by atoms with E-state index in [1.165, 1.54) is 0 Å². The lowest BCUT2D eigenvalue weighted by Crippen LogP contribution is -2.43. The van der Waals surface area contributed by atoms with Crippen molar-refractivity contribution in [3.8, 4) is 22.9 Å². The first-order valence-electron chi connectivity index (χ1n) is 9.15.